The maximum atomic E-state index is 13.6. The highest BCUT2D eigenvalue weighted by Gasteiger charge is 2.16. The van der Waals surface area contributed by atoms with Crippen LogP contribution in [0.3, 0.4) is 0 Å². The highest BCUT2D eigenvalue weighted by atomic mass is 19.1. The summed E-state index contributed by atoms with van der Waals surface area (Å²) >= 11 is 0. The van der Waals surface area contributed by atoms with Gasteiger partial charge < -0.3 is 0 Å². The van der Waals surface area contributed by atoms with Crippen LogP contribution in [0.2, 0.25) is 0 Å². The van der Waals surface area contributed by atoms with Crippen molar-refractivity contribution in [2.45, 2.75) is 19.4 Å². The van der Waals surface area contributed by atoms with Gasteiger partial charge in [0.1, 0.15) is 17.5 Å². The summed E-state index contributed by atoms with van der Waals surface area (Å²) in [6.45, 7) is 1.86. The molecule has 2 aromatic rings. The zero-order valence-corrected chi connectivity index (χ0v) is 10.4. The first kappa shape index (κ1) is 13.5. The van der Waals surface area contributed by atoms with Gasteiger partial charge in [-0.15, -0.1) is 0 Å². The first-order valence-corrected chi connectivity index (χ1v) is 5.78. The van der Waals surface area contributed by atoms with Crippen LogP contribution < -0.4 is 11.3 Å². The summed E-state index contributed by atoms with van der Waals surface area (Å²) in [4.78, 5) is 8.26. The van der Waals surface area contributed by atoms with Crippen molar-refractivity contribution in [3.63, 3.8) is 0 Å². The maximum Gasteiger partial charge on any atom is 0.146 e. The fraction of sp³-hybridized carbons (Fsp3) is 0.231. The Labute approximate surface area is 109 Å². The number of nitrogens with two attached hydrogens (primary N) is 1. The van der Waals surface area contributed by atoms with E-state index in [0.29, 0.717) is 5.82 Å². The van der Waals surface area contributed by atoms with E-state index in [1.807, 2.05) is 6.92 Å². The first-order chi connectivity index (χ1) is 9.10. The van der Waals surface area contributed by atoms with E-state index in [9.17, 15) is 8.78 Å². The quantitative estimate of drug-likeness (QED) is 0.653. The van der Waals surface area contributed by atoms with Gasteiger partial charge in [-0.2, -0.15) is 0 Å². The van der Waals surface area contributed by atoms with E-state index in [4.69, 9.17) is 5.84 Å². The molecule has 0 amide bonds. The smallest absolute Gasteiger partial charge is 0.146 e. The molecular formula is C13H14F2N4. The predicted molar refractivity (Wildman–Crippen MR) is 66.9 cm³/mol. The van der Waals surface area contributed by atoms with Crippen LogP contribution in [0, 0.1) is 18.6 Å². The Bertz CT molecular complexity index is 557. The highest BCUT2D eigenvalue weighted by molar-refractivity contribution is 5.21. The number of aromatic nitrogens is 2. The van der Waals surface area contributed by atoms with E-state index in [-0.39, 0.29) is 12.0 Å². The molecule has 1 unspecified atom stereocenters. The fourth-order valence-electron chi connectivity index (χ4n) is 1.73. The lowest BCUT2D eigenvalue weighted by molar-refractivity contribution is 0.502. The van der Waals surface area contributed by atoms with E-state index in [0.717, 1.165) is 23.8 Å². The summed E-state index contributed by atoms with van der Waals surface area (Å²) in [5, 5.41) is 0. The minimum atomic E-state index is -0.489. The Hall–Kier alpha value is -1.92. The van der Waals surface area contributed by atoms with Gasteiger partial charge >= 0.3 is 0 Å². The average Bonchev–Trinajstić information content (AvgIpc) is 2.41. The van der Waals surface area contributed by atoms with Gasteiger partial charge in [0.25, 0.3) is 0 Å². The molecule has 1 heterocycles. The standard InChI is InChI=1S/C13H14F2N4/c1-8-6-17-13(18-7-8)12(19-16)5-9-4-10(14)2-3-11(9)15/h2-4,6-7,12,19H,5,16H2,1H3. The molecule has 0 spiro atoms. The number of halogens is 2. The summed E-state index contributed by atoms with van der Waals surface area (Å²) in [5.74, 6) is 4.91. The van der Waals surface area contributed by atoms with Gasteiger partial charge in [-0.25, -0.2) is 24.2 Å². The first-order valence-electron chi connectivity index (χ1n) is 5.78. The van der Waals surface area contributed by atoms with Gasteiger partial charge in [0.05, 0.1) is 6.04 Å². The van der Waals surface area contributed by atoms with Crippen molar-refractivity contribution in [1.29, 1.82) is 0 Å². The van der Waals surface area contributed by atoms with E-state index < -0.39 is 17.7 Å². The monoisotopic (exact) mass is 264 g/mol. The maximum absolute atomic E-state index is 13.6. The van der Waals surface area contributed by atoms with Crippen LogP contribution in [0.1, 0.15) is 23.0 Å². The molecule has 0 radical (unpaired) electrons. The second-order valence-electron chi connectivity index (χ2n) is 4.28. The SMILES string of the molecule is Cc1cnc(C(Cc2cc(F)ccc2F)NN)nc1. The van der Waals surface area contributed by atoms with Crippen LogP contribution in [0.5, 0.6) is 0 Å². The van der Waals surface area contributed by atoms with Gasteiger partial charge in [0, 0.05) is 12.4 Å². The van der Waals surface area contributed by atoms with Crippen LogP contribution in [0.15, 0.2) is 30.6 Å². The number of nitrogens with one attached hydrogen (secondary N) is 1. The molecule has 0 aliphatic carbocycles. The third-order valence-electron chi connectivity index (χ3n) is 2.75. The molecule has 0 saturated carbocycles. The predicted octanol–water partition coefficient (Wildman–Crippen LogP) is 1.81. The number of rotatable bonds is 4. The van der Waals surface area contributed by atoms with Gasteiger partial charge in [-0.3, -0.25) is 5.84 Å². The third-order valence-corrected chi connectivity index (χ3v) is 2.75. The molecule has 100 valence electrons. The molecule has 0 aliphatic rings. The summed E-state index contributed by atoms with van der Waals surface area (Å²) in [6, 6.07) is 2.84. The minimum Gasteiger partial charge on any atom is -0.271 e. The summed E-state index contributed by atoms with van der Waals surface area (Å²) in [6.07, 6.45) is 3.46. The highest BCUT2D eigenvalue weighted by Crippen LogP contribution is 2.18. The molecule has 4 nitrogen and oxygen atoms in total. The van der Waals surface area contributed by atoms with Gasteiger partial charge in [-0.05, 0) is 42.7 Å². The summed E-state index contributed by atoms with van der Waals surface area (Å²) < 4.78 is 26.7. The molecule has 3 N–H and O–H groups in total. The fourth-order valence-corrected chi connectivity index (χ4v) is 1.73. The lowest BCUT2D eigenvalue weighted by Gasteiger charge is -2.15. The van der Waals surface area contributed by atoms with E-state index >= 15 is 0 Å². The molecule has 0 fully saturated rings. The van der Waals surface area contributed by atoms with Gasteiger partial charge in [0.2, 0.25) is 0 Å². The molecule has 0 bridgehead atoms. The van der Waals surface area contributed by atoms with Crippen molar-refractivity contribution in [1.82, 2.24) is 15.4 Å². The van der Waals surface area contributed by atoms with Gasteiger partial charge in [0.15, 0.2) is 0 Å². The topological polar surface area (TPSA) is 63.8 Å². The second kappa shape index (κ2) is 5.81. The average molecular weight is 264 g/mol. The molecular weight excluding hydrogens is 250 g/mol. The molecule has 0 aliphatic heterocycles. The van der Waals surface area contributed by atoms with Gasteiger partial charge in [-0.1, -0.05) is 0 Å². The molecule has 2 rings (SSSR count). The number of aryl methyl sites for hydroxylation is 1. The Kier molecular flexibility index (Phi) is 4.13. The number of hydrogen-bond donors (Lipinski definition) is 2. The van der Waals surface area contributed by atoms with Crippen molar-refractivity contribution >= 4 is 0 Å². The van der Waals surface area contributed by atoms with Crippen LogP contribution >= 0.6 is 0 Å². The lowest BCUT2D eigenvalue weighted by atomic mass is 10.0. The van der Waals surface area contributed by atoms with E-state index in [1.165, 1.54) is 0 Å². The Morgan fingerprint density at radius 3 is 2.58 bits per heavy atom. The van der Waals surface area contributed by atoms with Crippen molar-refractivity contribution in [3.05, 3.63) is 59.2 Å². The second-order valence-corrected chi connectivity index (χ2v) is 4.28. The normalized spacial score (nSPS) is 12.4. The number of benzene rings is 1. The third kappa shape index (κ3) is 3.30. The summed E-state index contributed by atoms with van der Waals surface area (Å²) in [7, 11) is 0. The number of hydrazine groups is 1. The Morgan fingerprint density at radius 2 is 1.95 bits per heavy atom. The molecule has 0 saturated heterocycles. The van der Waals surface area contributed by atoms with Crippen molar-refractivity contribution in [2.24, 2.45) is 5.84 Å². The molecule has 6 heteroatoms. The summed E-state index contributed by atoms with van der Waals surface area (Å²) in [5.41, 5.74) is 3.66. The zero-order chi connectivity index (χ0) is 13.8. The van der Waals surface area contributed by atoms with Crippen molar-refractivity contribution in [3.8, 4) is 0 Å². The number of hydrogen-bond acceptors (Lipinski definition) is 4. The molecule has 1 atom stereocenters. The Morgan fingerprint density at radius 1 is 1.26 bits per heavy atom. The van der Waals surface area contributed by atoms with E-state index in [2.05, 4.69) is 15.4 Å². The number of nitrogens with zero attached hydrogens (tertiary/aromatic N) is 2. The van der Waals surface area contributed by atoms with Crippen LogP contribution in [0.25, 0.3) is 0 Å². The van der Waals surface area contributed by atoms with Crippen LogP contribution in [-0.4, -0.2) is 9.97 Å². The van der Waals surface area contributed by atoms with E-state index in [1.54, 1.807) is 12.4 Å². The van der Waals surface area contributed by atoms with Crippen molar-refractivity contribution < 1.29 is 8.78 Å². The lowest BCUT2D eigenvalue weighted by Crippen LogP contribution is -2.31. The minimum absolute atomic E-state index is 0.170. The largest absolute Gasteiger partial charge is 0.271 e. The van der Waals surface area contributed by atoms with Crippen LogP contribution in [-0.2, 0) is 6.42 Å². The molecule has 19 heavy (non-hydrogen) atoms. The van der Waals surface area contributed by atoms with Crippen LogP contribution in [0.4, 0.5) is 8.78 Å². The molecule has 1 aromatic carbocycles. The van der Waals surface area contributed by atoms with Crippen molar-refractivity contribution in [2.75, 3.05) is 0 Å². The zero-order valence-electron chi connectivity index (χ0n) is 10.4. The molecule has 1 aromatic heterocycles. The Balaban J connectivity index is 2.23.